The number of rotatable bonds is 7. The Hall–Kier alpha value is -0.640. The summed E-state index contributed by atoms with van der Waals surface area (Å²) in [7, 11) is -3.39. The van der Waals surface area contributed by atoms with Crippen molar-refractivity contribution in [3.8, 4) is 6.07 Å². The molecule has 0 aromatic heterocycles. The molecule has 1 N–H and O–H groups in total. The van der Waals surface area contributed by atoms with E-state index in [0.29, 0.717) is 26.2 Å². The van der Waals surface area contributed by atoms with Crippen LogP contribution < -0.4 is 4.72 Å². The summed E-state index contributed by atoms with van der Waals surface area (Å²) in [4.78, 5) is 0. The molecule has 76 valence electrons. The number of nitriles is 1. The maximum absolute atomic E-state index is 10.9. The van der Waals surface area contributed by atoms with Gasteiger partial charge in [0.1, 0.15) is 0 Å². The predicted molar refractivity (Wildman–Crippen MR) is 48.5 cm³/mol. The Morgan fingerprint density at radius 1 is 1.54 bits per heavy atom. The van der Waals surface area contributed by atoms with Crippen LogP contribution in [-0.4, -0.2) is 33.9 Å². The normalized spacial score (nSPS) is 11.1. The Balaban J connectivity index is 3.48. The van der Waals surface area contributed by atoms with Gasteiger partial charge in [-0.05, 0) is 13.3 Å². The third-order valence-electron chi connectivity index (χ3n) is 1.25. The fourth-order valence-corrected chi connectivity index (χ4v) is 1.41. The summed E-state index contributed by atoms with van der Waals surface area (Å²) in [5.41, 5.74) is 0. The SMILES string of the molecule is CCOCCCNS(=O)(=O)CC#N. The minimum Gasteiger partial charge on any atom is -0.382 e. The molecule has 0 aromatic carbocycles. The largest absolute Gasteiger partial charge is 0.382 e. The second kappa shape index (κ2) is 6.83. The van der Waals surface area contributed by atoms with Gasteiger partial charge in [-0.1, -0.05) is 0 Å². The minimum atomic E-state index is -3.39. The standard InChI is InChI=1S/C7H14N2O3S/c1-2-12-6-3-5-9-13(10,11)7-4-8/h9H,2-3,5-7H2,1H3. The monoisotopic (exact) mass is 206 g/mol. The van der Waals surface area contributed by atoms with Crippen molar-refractivity contribution in [3.63, 3.8) is 0 Å². The lowest BCUT2D eigenvalue weighted by atomic mass is 10.5. The quantitative estimate of drug-likeness (QED) is 0.588. The predicted octanol–water partition coefficient (Wildman–Crippen LogP) is -0.144. The van der Waals surface area contributed by atoms with E-state index in [1.165, 1.54) is 0 Å². The van der Waals surface area contributed by atoms with Gasteiger partial charge in [-0.15, -0.1) is 0 Å². The van der Waals surface area contributed by atoms with E-state index < -0.39 is 15.8 Å². The zero-order valence-electron chi connectivity index (χ0n) is 7.62. The average molecular weight is 206 g/mol. The van der Waals surface area contributed by atoms with Crippen molar-refractivity contribution >= 4 is 10.0 Å². The van der Waals surface area contributed by atoms with Crippen LogP contribution in [0.25, 0.3) is 0 Å². The first kappa shape index (κ1) is 12.4. The van der Waals surface area contributed by atoms with E-state index in [9.17, 15) is 8.42 Å². The van der Waals surface area contributed by atoms with Gasteiger partial charge in [0.2, 0.25) is 10.0 Å². The minimum absolute atomic E-state index is 0.323. The smallest absolute Gasteiger partial charge is 0.225 e. The van der Waals surface area contributed by atoms with E-state index in [1.54, 1.807) is 6.07 Å². The molecule has 0 heterocycles. The zero-order valence-corrected chi connectivity index (χ0v) is 8.43. The molecule has 0 aromatic rings. The molecule has 0 aliphatic heterocycles. The Kier molecular flexibility index (Phi) is 6.49. The number of nitrogens with one attached hydrogen (secondary N) is 1. The molecule has 0 radical (unpaired) electrons. The molecule has 6 heteroatoms. The van der Waals surface area contributed by atoms with Crippen LogP contribution in [0.5, 0.6) is 0 Å². The van der Waals surface area contributed by atoms with Gasteiger partial charge in [0.05, 0.1) is 6.07 Å². The number of hydrogen-bond donors (Lipinski definition) is 1. The molecule has 0 rings (SSSR count). The van der Waals surface area contributed by atoms with Gasteiger partial charge in [0.25, 0.3) is 0 Å². The lowest BCUT2D eigenvalue weighted by molar-refractivity contribution is 0.146. The fraction of sp³-hybridized carbons (Fsp3) is 0.857. The Morgan fingerprint density at radius 3 is 2.77 bits per heavy atom. The van der Waals surface area contributed by atoms with Crippen LogP contribution in [0.1, 0.15) is 13.3 Å². The van der Waals surface area contributed by atoms with Crippen molar-refractivity contribution in [2.24, 2.45) is 0 Å². The molecule has 0 amide bonds. The van der Waals surface area contributed by atoms with Crippen molar-refractivity contribution in [2.45, 2.75) is 13.3 Å². The summed E-state index contributed by atoms with van der Waals surface area (Å²) >= 11 is 0. The first-order valence-corrected chi connectivity index (χ1v) is 5.69. The van der Waals surface area contributed by atoms with E-state index in [-0.39, 0.29) is 0 Å². The lowest BCUT2D eigenvalue weighted by Crippen LogP contribution is -2.27. The molecule has 0 unspecified atom stereocenters. The molecule has 0 aliphatic carbocycles. The molecule has 0 aliphatic rings. The van der Waals surface area contributed by atoms with Gasteiger partial charge in [-0.3, -0.25) is 0 Å². The molecular formula is C7H14N2O3S. The summed E-state index contributed by atoms with van der Waals surface area (Å²) in [5, 5.41) is 8.15. The molecular weight excluding hydrogens is 192 g/mol. The Morgan fingerprint density at radius 2 is 2.23 bits per heavy atom. The molecule has 0 spiro atoms. The summed E-state index contributed by atoms with van der Waals surface area (Å²) < 4.78 is 29.1. The average Bonchev–Trinajstić information content (AvgIpc) is 2.04. The summed E-state index contributed by atoms with van der Waals surface area (Å²) in [6.07, 6.45) is 0.624. The van der Waals surface area contributed by atoms with Crippen molar-refractivity contribution < 1.29 is 13.2 Å². The van der Waals surface area contributed by atoms with E-state index in [0.717, 1.165) is 0 Å². The van der Waals surface area contributed by atoms with E-state index in [2.05, 4.69) is 4.72 Å². The Bertz CT molecular complexity index is 255. The van der Waals surface area contributed by atoms with Crippen LogP contribution in [0, 0.1) is 11.3 Å². The third kappa shape index (κ3) is 7.71. The van der Waals surface area contributed by atoms with Crippen LogP contribution in [0.2, 0.25) is 0 Å². The molecule has 0 fully saturated rings. The van der Waals surface area contributed by atoms with Gasteiger partial charge in [0.15, 0.2) is 5.75 Å². The molecule has 13 heavy (non-hydrogen) atoms. The van der Waals surface area contributed by atoms with Crippen LogP contribution in [0.15, 0.2) is 0 Å². The highest BCUT2D eigenvalue weighted by molar-refractivity contribution is 7.89. The second-order valence-electron chi connectivity index (χ2n) is 2.36. The van der Waals surface area contributed by atoms with Crippen LogP contribution in [0.3, 0.4) is 0 Å². The third-order valence-corrected chi connectivity index (χ3v) is 2.40. The van der Waals surface area contributed by atoms with E-state index in [4.69, 9.17) is 10.00 Å². The van der Waals surface area contributed by atoms with Crippen LogP contribution in [0.4, 0.5) is 0 Å². The summed E-state index contributed by atoms with van der Waals surface area (Å²) in [6, 6.07) is 1.58. The highest BCUT2D eigenvalue weighted by atomic mass is 32.2. The van der Waals surface area contributed by atoms with E-state index in [1.807, 2.05) is 6.92 Å². The van der Waals surface area contributed by atoms with Crippen LogP contribution in [-0.2, 0) is 14.8 Å². The van der Waals surface area contributed by atoms with Gasteiger partial charge in [0, 0.05) is 19.8 Å². The van der Waals surface area contributed by atoms with E-state index >= 15 is 0 Å². The number of nitrogens with zero attached hydrogens (tertiary/aromatic N) is 1. The first-order chi connectivity index (χ1) is 6.12. The van der Waals surface area contributed by atoms with Crippen molar-refractivity contribution in [3.05, 3.63) is 0 Å². The number of hydrogen-bond acceptors (Lipinski definition) is 4. The van der Waals surface area contributed by atoms with Gasteiger partial charge in [-0.25, -0.2) is 13.1 Å². The Labute approximate surface area is 78.7 Å². The zero-order chi connectivity index (χ0) is 10.2. The molecule has 5 nitrogen and oxygen atoms in total. The van der Waals surface area contributed by atoms with Gasteiger partial charge < -0.3 is 4.74 Å². The van der Waals surface area contributed by atoms with Crippen molar-refractivity contribution in [1.82, 2.24) is 4.72 Å². The highest BCUT2D eigenvalue weighted by Gasteiger charge is 2.06. The molecule has 0 atom stereocenters. The fourth-order valence-electron chi connectivity index (χ4n) is 0.682. The topological polar surface area (TPSA) is 79.2 Å². The highest BCUT2D eigenvalue weighted by Crippen LogP contribution is 1.85. The number of ether oxygens (including phenoxy) is 1. The van der Waals surface area contributed by atoms with Crippen molar-refractivity contribution in [2.75, 3.05) is 25.5 Å². The van der Waals surface area contributed by atoms with Gasteiger partial charge in [-0.2, -0.15) is 5.26 Å². The second-order valence-corrected chi connectivity index (χ2v) is 4.17. The van der Waals surface area contributed by atoms with Crippen LogP contribution >= 0.6 is 0 Å². The maximum atomic E-state index is 10.9. The molecule has 0 saturated carbocycles. The van der Waals surface area contributed by atoms with Crippen molar-refractivity contribution in [1.29, 1.82) is 5.26 Å². The maximum Gasteiger partial charge on any atom is 0.225 e. The molecule has 0 saturated heterocycles. The van der Waals surface area contributed by atoms with Gasteiger partial charge >= 0.3 is 0 Å². The lowest BCUT2D eigenvalue weighted by Gasteiger charge is -2.02. The summed E-state index contributed by atoms with van der Waals surface area (Å²) in [6.45, 7) is 3.36. The summed E-state index contributed by atoms with van der Waals surface area (Å²) in [5.74, 6) is -0.484. The first-order valence-electron chi connectivity index (χ1n) is 4.04. The number of sulfonamides is 1. The molecule has 0 bridgehead atoms.